The molecule has 0 unspecified atom stereocenters. The number of sulfonamides is 1. The van der Waals surface area contributed by atoms with Gasteiger partial charge >= 0.3 is 0 Å². The third kappa shape index (κ3) is 4.92. The fourth-order valence-electron chi connectivity index (χ4n) is 2.89. The summed E-state index contributed by atoms with van der Waals surface area (Å²) in [6.07, 6.45) is 0. The van der Waals surface area contributed by atoms with Crippen molar-refractivity contribution in [3.8, 4) is 11.1 Å². The van der Waals surface area contributed by atoms with E-state index < -0.39 is 15.9 Å². The Kier molecular flexibility index (Phi) is 6.30. The van der Waals surface area contributed by atoms with Gasteiger partial charge in [-0.05, 0) is 22.8 Å². The van der Waals surface area contributed by atoms with Gasteiger partial charge in [-0.3, -0.25) is 5.41 Å². The van der Waals surface area contributed by atoms with Crippen LogP contribution in [0.3, 0.4) is 0 Å². The summed E-state index contributed by atoms with van der Waals surface area (Å²) < 4.78 is 28.9. The van der Waals surface area contributed by atoms with Crippen LogP contribution in [0.5, 0.6) is 0 Å². The van der Waals surface area contributed by atoms with Gasteiger partial charge in [0.1, 0.15) is 0 Å². The quantitative estimate of drug-likeness (QED) is 0.145. The second-order valence-electron chi connectivity index (χ2n) is 6.32. The van der Waals surface area contributed by atoms with Crippen molar-refractivity contribution in [2.45, 2.75) is 24.9 Å². The summed E-state index contributed by atoms with van der Waals surface area (Å²) in [6.45, 7) is 2.75. The van der Waals surface area contributed by atoms with E-state index in [4.69, 9.17) is 20.9 Å². The van der Waals surface area contributed by atoms with E-state index in [9.17, 15) is 8.42 Å². The van der Waals surface area contributed by atoms with Gasteiger partial charge in [-0.2, -0.15) is 4.98 Å². The van der Waals surface area contributed by atoms with Crippen molar-refractivity contribution in [3.05, 3.63) is 65.3 Å². The lowest BCUT2D eigenvalue weighted by molar-refractivity contribution is 0.385. The molecule has 0 spiro atoms. The molecule has 0 radical (unpaired) electrons. The molecule has 0 aliphatic rings. The molecule has 0 aliphatic heterocycles. The van der Waals surface area contributed by atoms with Gasteiger partial charge in [-0.15, -0.1) is 5.11 Å². The Bertz CT molecular complexity index is 1190. The molecule has 0 saturated heterocycles. The first kappa shape index (κ1) is 21.2. The number of hydrogen-bond donors (Lipinski definition) is 4. The van der Waals surface area contributed by atoms with Crippen LogP contribution in [0.4, 0.5) is 0 Å². The minimum absolute atomic E-state index is 0.0348. The summed E-state index contributed by atoms with van der Waals surface area (Å²) in [5.74, 6) is 5.71. The van der Waals surface area contributed by atoms with Crippen molar-refractivity contribution < 1.29 is 12.9 Å². The van der Waals surface area contributed by atoms with E-state index in [1.165, 1.54) is 6.07 Å². The maximum atomic E-state index is 12.0. The van der Waals surface area contributed by atoms with Gasteiger partial charge in [-0.25, -0.2) is 13.6 Å². The molecule has 0 fully saturated rings. The fraction of sp³-hybridized carbons (Fsp3) is 0.167. The average molecular weight is 428 g/mol. The van der Waals surface area contributed by atoms with E-state index in [0.29, 0.717) is 35.9 Å². The number of amidine groups is 1. The van der Waals surface area contributed by atoms with Gasteiger partial charge in [0.2, 0.25) is 15.9 Å². The Morgan fingerprint density at radius 3 is 2.53 bits per heavy atom. The number of nitrogens with zero attached hydrogens (tertiary/aromatic N) is 4. The van der Waals surface area contributed by atoms with Crippen molar-refractivity contribution in [2.24, 2.45) is 21.3 Å². The second kappa shape index (κ2) is 8.90. The first-order chi connectivity index (χ1) is 14.3. The van der Waals surface area contributed by atoms with Crippen LogP contribution in [0.2, 0.25) is 0 Å². The zero-order valence-corrected chi connectivity index (χ0v) is 16.8. The zero-order chi connectivity index (χ0) is 21.7. The molecule has 1 heterocycles. The Labute approximate surface area is 172 Å². The van der Waals surface area contributed by atoms with Crippen molar-refractivity contribution in [3.63, 3.8) is 0 Å². The van der Waals surface area contributed by atoms with Crippen LogP contribution in [-0.4, -0.2) is 24.4 Å². The number of hydrogen-bond acceptors (Lipinski definition) is 8. The summed E-state index contributed by atoms with van der Waals surface area (Å²) in [5.41, 5.74) is 2.18. The number of aryl methyl sites for hydroxylation is 1. The molecule has 0 bridgehead atoms. The minimum atomic E-state index is -4.08. The Hall–Kier alpha value is -3.48. The van der Waals surface area contributed by atoms with Crippen molar-refractivity contribution in [1.82, 2.24) is 15.5 Å². The summed E-state index contributed by atoms with van der Waals surface area (Å²) >= 11 is 0. The number of nitrogens with two attached hydrogens (primary N) is 2. The maximum absolute atomic E-state index is 12.0. The number of aromatic nitrogens is 2. The topological polar surface area (TPSA) is 186 Å². The first-order valence-electron chi connectivity index (χ1n) is 8.74. The Morgan fingerprint density at radius 2 is 1.93 bits per heavy atom. The summed E-state index contributed by atoms with van der Waals surface area (Å²) in [7, 11) is -4.08. The van der Waals surface area contributed by atoms with Crippen molar-refractivity contribution in [1.29, 1.82) is 5.41 Å². The highest BCUT2D eigenvalue weighted by Crippen LogP contribution is 2.29. The van der Waals surface area contributed by atoms with Crippen molar-refractivity contribution >= 4 is 15.9 Å². The summed E-state index contributed by atoms with van der Waals surface area (Å²) in [5, 5.41) is 27.0. The molecule has 0 atom stereocenters. The molecule has 0 aliphatic carbocycles. The van der Waals surface area contributed by atoms with Crippen LogP contribution >= 0.6 is 0 Å². The lowest BCUT2D eigenvalue weighted by Gasteiger charge is -2.13. The lowest BCUT2D eigenvalue weighted by Crippen LogP contribution is -2.17. The third-order valence-corrected chi connectivity index (χ3v) is 5.13. The average Bonchev–Trinajstić information content (AvgIpc) is 3.12. The molecule has 2 aromatic carbocycles. The lowest BCUT2D eigenvalue weighted by atomic mass is 9.98. The monoisotopic (exact) mass is 428 g/mol. The van der Waals surface area contributed by atoms with Crippen LogP contribution in [0.15, 0.2) is 62.2 Å². The molecule has 0 amide bonds. The van der Waals surface area contributed by atoms with Crippen LogP contribution in [-0.2, 0) is 23.1 Å². The van der Waals surface area contributed by atoms with E-state index >= 15 is 0 Å². The highest BCUT2D eigenvalue weighted by molar-refractivity contribution is 7.89. The first-order valence-corrected chi connectivity index (χ1v) is 10.3. The highest BCUT2D eigenvalue weighted by atomic mass is 32.2. The standard InChI is InChI=1S/C18H20N8O3S/c1-11-23-16(25-29-11)10-22-9-12-5-7-13(8-6-12)14-3-2-4-15(30(21,27)28)17(14)18(19)24-26-20/h2-8,22H,9-10H2,1H3,(H3,19,20,24)(H2,21,27,28). The molecule has 30 heavy (non-hydrogen) atoms. The van der Waals surface area contributed by atoms with Gasteiger partial charge in [-0.1, -0.05) is 46.8 Å². The number of primary sulfonamides is 1. The molecule has 11 nitrogen and oxygen atoms in total. The molecule has 156 valence electrons. The molecule has 3 aromatic rings. The smallest absolute Gasteiger partial charge is 0.238 e. The molecular formula is C18H20N8O3S. The second-order valence-corrected chi connectivity index (χ2v) is 7.85. The Balaban J connectivity index is 1.85. The van der Waals surface area contributed by atoms with E-state index in [1.807, 2.05) is 24.3 Å². The number of benzene rings is 2. The summed E-state index contributed by atoms with van der Waals surface area (Å²) in [6, 6.07) is 11.9. The SMILES string of the molecule is Cc1nc(CNCc2ccc(-c3cccc(S(N)(=O)=O)c3C(=N)N=NN)cc2)no1. The molecule has 12 heteroatoms. The van der Waals surface area contributed by atoms with Gasteiger partial charge in [0.05, 0.1) is 11.4 Å². The fourth-order valence-corrected chi connectivity index (χ4v) is 3.65. The van der Waals surface area contributed by atoms with Gasteiger partial charge in [0, 0.05) is 19.0 Å². The predicted octanol–water partition coefficient (Wildman–Crippen LogP) is 1.63. The van der Waals surface area contributed by atoms with E-state index in [2.05, 4.69) is 25.8 Å². The minimum Gasteiger partial charge on any atom is -0.340 e. The molecule has 0 saturated carbocycles. The van der Waals surface area contributed by atoms with E-state index in [-0.39, 0.29) is 10.5 Å². The molecule has 1 aromatic heterocycles. The number of rotatable bonds is 7. The van der Waals surface area contributed by atoms with Gasteiger partial charge in [0.25, 0.3) is 0 Å². The van der Waals surface area contributed by atoms with Gasteiger partial charge in [0.15, 0.2) is 11.7 Å². The largest absolute Gasteiger partial charge is 0.340 e. The van der Waals surface area contributed by atoms with E-state index in [0.717, 1.165) is 5.56 Å². The third-order valence-electron chi connectivity index (χ3n) is 4.17. The normalized spacial score (nSPS) is 11.8. The van der Waals surface area contributed by atoms with Crippen LogP contribution in [0, 0.1) is 12.3 Å². The maximum Gasteiger partial charge on any atom is 0.238 e. The van der Waals surface area contributed by atoms with E-state index in [1.54, 1.807) is 19.1 Å². The molecule has 6 N–H and O–H groups in total. The van der Waals surface area contributed by atoms with Crippen molar-refractivity contribution in [2.75, 3.05) is 0 Å². The highest BCUT2D eigenvalue weighted by Gasteiger charge is 2.21. The van der Waals surface area contributed by atoms with Crippen LogP contribution in [0.25, 0.3) is 11.1 Å². The molecular weight excluding hydrogens is 408 g/mol. The predicted molar refractivity (Wildman–Crippen MR) is 109 cm³/mol. The Morgan fingerprint density at radius 1 is 1.20 bits per heavy atom. The van der Waals surface area contributed by atoms with Crippen LogP contribution < -0.4 is 16.3 Å². The van der Waals surface area contributed by atoms with Gasteiger partial charge < -0.3 is 15.7 Å². The zero-order valence-electron chi connectivity index (χ0n) is 16.0. The molecule has 3 rings (SSSR count). The summed E-state index contributed by atoms with van der Waals surface area (Å²) in [4.78, 5) is 3.90. The number of nitrogens with one attached hydrogen (secondary N) is 2. The van der Waals surface area contributed by atoms with Crippen LogP contribution in [0.1, 0.15) is 22.8 Å².